The van der Waals surface area contributed by atoms with Crippen LogP contribution < -0.4 is 4.90 Å². The van der Waals surface area contributed by atoms with Crippen LogP contribution in [0.4, 0.5) is 23.2 Å². The molecule has 0 saturated heterocycles. The lowest BCUT2D eigenvalue weighted by molar-refractivity contribution is -0.170. The van der Waals surface area contributed by atoms with Crippen molar-refractivity contribution in [3.63, 3.8) is 0 Å². The molecule has 0 unspecified atom stereocenters. The molecular formula is C25H36ClF4NO2. The molecule has 188 valence electrons. The van der Waals surface area contributed by atoms with Gasteiger partial charge in [0.2, 0.25) is 0 Å². The molecule has 0 bridgehead atoms. The summed E-state index contributed by atoms with van der Waals surface area (Å²) in [4.78, 5) is 23.4. The Bertz CT molecular complexity index is 725. The van der Waals surface area contributed by atoms with E-state index in [9.17, 15) is 27.2 Å². The average Bonchev–Trinajstić information content (AvgIpc) is 2.76. The molecule has 33 heavy (non-hydrogen) atoms. The maximum absolute atomic E-state index is 14.3. The topological polar surface area (TPSA) is 37.4 Å². The molecule has 1 rings (SSSR count). The van der Waals surface area contributed by atoms with Crippen molar-refractivity contribution in [2.24, 2.45) is 0 Å². The third kappa shape index (κ3) is 11.9. The van der Waals surface area contributed by atoms with E-state index in [2.05, 4.69) is 6.92 Å². The number of rotatable bonds is 17. The lowest BCUT2D eigenvalue weighted by Crippen LogP contribution is -2.42. The van der Waals surface area contributed by atoms with Gasteiger partial charge in [-0.3, -0.25) is 9.59 Å². The molecule has 3 nitrogen and oxygen atoms in total. The predicted octanol–water partition coefficient (Wildman–Crippen LogP) is 8.58. The minimum Gasteiger partial charge on any atom is -0.302 e. The molecule has 1 amide bonds. The van der Waals surface area contributed by atoms with Gasteiger partial charge >= 0.3 is 12.1 Å². The van der Waals surface area contributed by atoms with Crippen molar-refractivity contribution in [2.75, 3.05) is 11.4 Å². The van der Waals surface area contributed by atoms with Crippen molar-refractivity contribution in [1.82, 2.24) is 0 Å². The Hall–Kier alpha value is -1.63. The maximum atomic E-state index is 14.3. The van der Waals surface area contributed by atoms with Crippen molar-refractivity contribution in [2.45, 2.75) is 103 Å². The Labute approximate surface area is 199 Å². The number of hydrogen-bond donors (Lipinski definition) is 0. The highest BCUT2D eigenvalue weighted by Crippen LogP contribution is 2.27. The Balaban J connectivity index is 2.36. The van der Waals surface area contributed by atoms with Crippen LogP contribution in [0.3, 0.4) is 0 Å². The second kappa shape index (κ2) is 16.1. The largest absolute Gasteiger partial charge is 0.471 e. The van der Waals surface area contributed by atoms with E-state index in [-0.39, 0.29) is 12.1 Å². The third-order valence-electron chi connectivity index (χ3n) is 5.69. The molecule has 0 aliphatic carbocycles. The minimum absolute atomic E-state index is 0.186. The van der Waals surface area contributed by atoms with Gasteiger partial charge in [0.05, 0.1) is 5.69 Å². The number of benzene rings is 1. The monoisotopic (exact) mass is 493 g/mol. The summed E-state index contributed by atoms with van der Waals surface area (Å²) in [7, 11) is 0. The van der Waals surface area contributed by atoms with Gasteiger partial charge in [0, 0.05) is 12.1 Å². The Kier molecular flexibility index (Phi) is 14.3. The molecule has 1 aromatic carbocycles. The first-order valence-corrected chi connectivity index (χ1v) is 12.4. The van der Waals surface area contributed by atoms with Gasteiger partial charge in [-0.1, -0.05) is 90.4 Å². The van der Waals surface area contributed by atoms with Crippen LogP contribution >= 0.6 is 11.6 Å². The molecule has 0 aromatic heterocycles. The van der Waals surface area contributed by atoms with Gasteiger partial charge in [-0.2, -0.15) is 13.2 Å². The van der Waals surface area contributed by atoms with E-state index in [1.54, 1.807) is 0 Å². The van der Waals surface area contributed by atoms with Crippen molar-refractivity contribution < 1.29 is 27.2 Å². The van der Waals surface area contributed by atoms with Crippen LogP contribution in [0.1, 0.15) is 107 Å². The molecule has 0 N–H and O–H groups in total. The standard InChI is InChI=1S/C25H36ClF4NO2/c1-2-3-4-5-6-7-8-9-10-11-12-13-14-15-18-31(24(33)25(28,29)30)22-17-16-20(23(26)32)19-21(22)27/h16-17,19H,2-15,18H2,1H3. The Morgan fingerprint density at radius 3 is 1.67 bits per heavy atom. The Morgan fingerprint density at radius 1 is 0.818 bits per heavy atom. The fourth-order valence-corrected chi connectivity index (χ4v) is 3.91. The van der Waals surface area contributed by atoms with Crippen LogP contribution in [0.2, 0.25) is 0 Å². The molecule has 0 spiro atoms. The normalized spacial score (nSPS) is 11.6. The van der Waals surface area contributed by atoms with Gasteiger partial charge in [-0.25, -0.2) is 4.39 Å². The number of carbonyl (C=O) groups excluding carboxylic acids is 2. The number of amides is 1. The number of hydrogen-bond acceptors (Lipinski definition) is 2. The fourth-order valence-electron chi connectivity index (χ4n) is 3.80. The smallest absolute Gasteiger partial charge is 0.302 e. The van der Waals surface area contributed by atoms with Gasteiger partial charge in [0.25, 0.3) is 5.24 Å². The number of nitrogens with zero attached hydrogens (tertiary/aromatic N) is 1. The van der Waals surface area contributed by atoms with Gasteiger partial charge in [-0.05, 0) is 36.2 Å². The summed E-state index contributed by atoms with van der Waals surface area (Å²) in [6.07, 6.45) is 10.2. The summed E-state index contributed by atoms with van der Waals surface area (Å²) >= 11 is 5.28. The molecule has 8 heteroatoms. The lowest BCUT2D eigenvalue weighted by atomic mass is 10.0. The average molecular weight is 494 g/mol. The summed E-state index contributed by atoms with van der Waals surface area (Å²) in [6.45, 7) is 1.96. The summed E-state index contributed by atoms with van der Waals surface area (Å²) < 4.78 is 53.4. The maximum Gasteiger partial charge on any atom is 0.471 e. The highest BCUT2D eigenvalue weighted by molar-refractivity contribution is 6.67. The van der Waals surface area contributed by atoms with Crippen LogP contribution in [0.5, 0.6) is 0 Å². The fraction of sp³-hybridized carbons (Fsp3) is 0.680. The molecular weight excluding hydrogens is 458 g/mol. The molecule has 0 radical (unpaired) electrons. The number of halogens is 5. The number of carbonyl (C=O) groups is 2. The van der Waals surface area contributed by atoms with Crippen LogP contribution in [0.15, 0.2) is 18.2 Å². The molecule has 0 heterocycles. The van der Waals surface area contributed by atoms with Gasteiger partial charge in [0.15, 0.2) is 0 Å². The minimum atomic E-state index is -5.12. The highest BCUT2D eigenvalue weighted by Gasteiger charge is 2.43. The van der Waals surface area contributed by atoms with Crippen LogP contribution in [-0.2, 0) is 4.79 Å². The zero-order chi connectivity index (χ0) is 24.7. The van der Waals surface area contributed by atoms with E-state index in [0.29, 0.717) is 17.7 Å². The summed E-state index contributed by atoms with van der Waals surface area (Å²) in [5.41, 5.74) is -0.692. The zero-order valence-electron chi connectivity index (χ0n) is 19.5. The molecule has 0 fully saturated rings. The van der Waals surface area contributed by atoms with E-state index in [4.69, 9.17) is 11.6 Å². The van der Waals surface area contributed by atoms with Gasteiger partial charge in [-0.15, -0.1) is 0 Å². The van der Waals surface area contributed by atoms with Crippen molar-refractivity contribution in [3.05, 3.63) is 29.6 Å². The number of alkyl halides is 3. The van der Waals surface area contributed by atoms with Crippen LogP contribution in [0.25, 0.3) is 0 Å². The summed E-state index contributed by atoms with van der Waals surface area (Å²) in [6, 6.07) is 2.83. The molecule has 0 saturated carbocycles. The van der Waals surface area contributed by atoms with Crippen molar-refractivity contribution >= 4 is 28.4 Å². The Morgan fingerprint density at radius 2 is 1.27 bits per heavy atom. The second-order valence-electron chi connectivity index (χ2n) is 8.49. The van der Waals surface area contributed by atoms with E-state index < -0.39 is 28.8 Å². The molecule has 0 aliphatic heterocycles. The first kappa shape index (κ1) is 29.4. The predicted molar refractivity (Wildman–Crippen MR) is 125 cm³/mol. The third-order valence-corrected chi connectivity index (χ3v) is 5.91. The number of unbranched alkanes of at least 4 members (excludes halogenated alkanes) is 13. The molecule has 1 aromatic rings. The SMILES string of the molecule is CCCCCCCCCCCCCCCCN(C(=O)C(F)(F)F)c1ccc(C(=O)Cl)cc1F. The van der Waals surface area contributed by atoms with E-state index in [0.717, 1.165) is 43.9 Å². The van der Waals surface area contributed by atoms with Crippen LogP contribution in [-0.4, -0.2) is 23.9 Å². The quantitative estimate of drug-likeness (QED) is 0.124. The van der Waals surface area contributed by atoms with E-state index in [1.165, 1.54) is 51.4 Å². The number of anilines is 1. The van der Waals surface area contributed by atoms with E-state index in [1.807, 2.05) is 0 Å². The zero-order valence-corrected chi connectivity index (χ0v) is 20.2. The first-order valence-electron chi connectivity index (χ1n) is 12.1. The van der Waals surface area contributed by atoms with Crippen LogP contribution in [0, 0.1) is 5.82 Å². The molecule has 0 aliphatic rings. The van der Waals surface area contributed by atoms with Gasteiger partial charge in [0.1, 0.15) is 5.82 Å². The van der Waals surface area contributed by atoms with Crippen molar-refractivity contribution in [3.8, 4) is 0 Å². The van der Waals surface area contributed by atoms with E-state index >= 15 is 0 Å². The van der Waals surface area contributed by atoms with Crippen molar-refractivity contribution in [1.29, 1.82) is 0 Å². The van der Waals surface area contributed by atoms with Gasteiger partial charge < -0.3 is 4.90 Å². The molecule has 0 atom stereocenters. The summed E-state index contributed by atoms with van der Waals surface area (Å²) in [5, 5.41) is -0.930. The lowest BCUT2D eigenvalue weighted by Gasteiger charge is -2.24. The first-order chi connectivity index (χ1) is 15.7. The summed E-state index contributed by atoms with van der Waals surface area (Å²) in [5.74, 6) is -3.22. The second-order valence-corrected chi connectivity index (χ2v) is 8.83. The highest BCUT2D eigenvalue weighted by atomic mass is 35.5.